The molecule has 6 heteroatoms. The molecule has 0 aliphatic heterocycles. The van der Waals surface area contributed by atoms with Crippen LogP contribution in [0, 0.1) is 17.0 Å². The molecular weight excluding hydrogens is 222 g/mol. The molecule has 0 N–H and O–H groups in total. The lowest BCUT2D eigenvalue weighted by Gasteiger charge is -2.05. The molecule has 2 rings (SSSR count). The van der Waals surface area contributed by atoms with Crippen molar-refractivity contribution in [3.8, 4) is 11.8 Å². The van der Waals surface area contributed by atoms with Crippen LogP contribution >= 0.6 is 0 Å². The van der Waals surface area contributed by atoms with Gasteiger partial charge in [-0.1, -0.05) is 12.1 Å². The van der Waals surface area contributed by atoms with Crippen molar-refractivity contribution in [1.82, 2.24) is 9.97 Å². The molecule has 6 nitrogen and oxygen atoms in total. The average molecular weight is 231 g/mol. The van der Waals surface area contributed by atoms with E-state index >= 15 is 0 Å². The fourth-order valence-electron chi connectivity index (χ4n) is 1.38. The van der Waals surface area contributed by atoms with E-state index in [0.29, 0.717) is 5.56 Å². The van der Waals surface area contributed by atoms with Crippen molar-refractivity contribution < 1.29 is 9.66 Å². The summed E-state index contributed by atoms with van der Waals surface area (Å²) in [6, 6.07) is 6.57. The van der Waals surface area contributed by atoms with Crippen molar-refractivity contribution in [3.63, 3.8) is 0 Å². The Bertz CT molecular complexity index is 543. The Morgan fingerprint density at radius 3 is 2.59 bits per heavy atom. The smallest absolute Gasteiger partial charge is 0.322 e. The van der Waals surface area contributed by atoms with Crippen LogP contribution in [0.4, 0.5) is 5.69 Å². The number of rotatable bonds is 3. The van der Waals surface area contributed by atoms with Gasteiger partial charge in [0.25, 0.3) is 0 Å². The third-order valence-electron chi connectivity index (χ3n) is 2.13. The van der Waals surface area contributed by atoms with E-state index in [9.17, 15) is 10.1 Å². The van der Waals surface area contributed by atoms with E-state index in [1.54, 1.807) is 25.1 Å². The maximum absolute atomic E-state index is 10.9. The number of aryl methyl sites for hydroxylation is 1. The lowest BCUT2D eigenvalue weighted by atomic mass is 10.2. The Kier molecular flexibility index (Phi) is 2.95. The van der Waals surface area contributed by atoms with E-state index in [2.05, 4.69) is 9.97 Å². The summed E-state index contributed by atoms with van der Waals surface area (Å²) in [5, 5.41) is 10.9. The lowest BCUT2D eigenvalue weighted by Crippen LogP contribution is -1.97. The van der Waals surface area contributed by atoms with Gasteiger partial charge in [0.2, 0.25) is 5.75 Å². The zero-order chi connectivity index (χ0) is 12.3. The molecule has 0 bridgehead atoms. The monoisotopic (exact) mass is 231 g/mol. The predicted molar refractivity (Wildman–Crippen MR) is 59.9 cm³/mol. The minimum Gasteiger partial charge on any atom is -0.417 e. The molecule has 0 saturated heterocycles. The summed E-state index contributed by atoms with van der Waals surface area (Å²) in [5.41, 5.74) is 0.461. The van der Waals surface area contributed by atoms with Crippen LogP contribution in [0.1, 0.15) is 5.56 Å². The molecule has 0 aliphatic carbocycles. The van der Waals surface area contributed by atoms with Crippen molar-refractivity contribution in [2.24, 2.45) is 0 Å². The van der Waals surface area contributed by atoms with Gasteiger partial charge < -0.3 is 4.74 Å². The summed E-state index contributed by atoms with van der Waals surface area (Å²) in [7, 11) is 0. The number of benzene rings is 1. The van der Waals surface area contributed by atoms with Gasteiger partial charge in [0.1, 0.15) is 0 Å². The second-order valence-electron chi connectivity index (χ2n) is 3.31. The summed E-state index contributed by atoms with van der Waals surface area (Å²) >= 11 is 0. The van der Waals surface area contributed by atoms with E-state index in [4.69, 9.17) is 4.74 Å². The van der Waals surface area contributed by atoms with Gasteiger partial charge >= 0.3 is 11.7 Å². The maximum atomic E-state index is 10.9. The number of hydrogen-bond acceptors (Lipinski definition) is 5. The van der Waals surface area contributed by atoms with Gasteiger partial charge in [0.05, 0.1) is 4.92 Å². The van der Waals surface area contributed by atoms with Crippen molar-refractivity contribution in [3.05, 3.63) is 52.3 Å². The predicted octanol–water partition coefficient (Wildman–Crippen LogP) is 2.49. The van der Waals surface area contributed by atoms with Gasteiger partial charge in [-0.05, 0) is 19.1 Å². The number of nitro groups is 1. The van der Waals surface area contributed by atoms with Crippen LogP contribution in [0.2, 0.25) is 0 Å². The number of para-hydroxylation sites is 1. The zero-order valence-corrected chi connectivity index (χ0v) is 9.03. The second kappa shape index (κ2) is 4.56. The molecule has 0 fully saturated rings. The van der Waals surface area contributed by atoms with Crippen molar-refractivity contribution in [1.29, 1.82) is 0 Å². The SMILES string of the molecule is Cc1cccc(Oc2ncccn2)c1[N+](=O)[O-]. The van der Waals surface area contributed by atoms with Gasteiger partial charge in [0.15, 0.2) is 0 Å². The molecule has 17 heavy (non-hydrogen) atoms. The van der Waals surface area contributed by atoms with E-state index in [1.165, 1.54) is 18.5 Å². The fourth-order valence-corrected chi connectivity index (χ4v) is 1.38. The maximum Gasteiger partial charge on any atom is 0.322 e. The third kappa shape index (κ3) is 2.36. The molecule has 0 amide bonds. The summed E-state index contributed by atoms with van der Waals surface area (Å²) in [4.78, 5) is 18.1. The van der Waals surface area contributed by atoms with Crippen LogP contribution < -0.4 is 4.74 Å². The van der Waals surface area contributed by atoms with Crippen molar-refractivity contribution >= 4 is 5.69 Å². The van der Waals surface area contributed by atoms with Crippen LogP contribution in [0.25, 0.3) is 0 Å². The Labute approximate surface area is 97.1 Å². The van der Waals surface area contributed by atoms with Gasteiger partial charge in [-0.3, -0.25) is 10.1 Å². The molecule has 86 valence electrons. The Morgan fingerprint density at radius 1 is 1.24 bits per heavy atom. The summed E-state index contributed by atoms with van der Waals surface area (Å²) < 4.78 is 5.29. The second-order valence-corrected chi connectivity index (χ2v) is 3.31. The molecule has 1 heterocycles. The van der Waals surface area contributed by atoms with E-state index < -0.39 is 4.92 Å². The molecule has 1 aromatic carbocycles. The highest BCUT2D eigenvalue weighted by molar-refractivity contribution is 5.52. The molecular formula is C11H9N3O3. The number of aromatic nitrogens is 2. The average Bonchev–Trinajstić information content (AvgIpc) is 2.30. The Hall–Kier alpha value is -2.50. The third-order valence-corrected chi connectivity index (χ3v) is 2.13. The highest BCUT2D eigenvalue weighted by atomic mass is 16.6. The normalized spacial score (nSPS) is 9.94. The molecule has 0 spiro atoms. The molecule has 0 radical (unpaired) electrons. The van der Waals surface area contributed by atoms with Crippen LogP contribution in [0.5, 0.6) is 11.8 Å². The number of nitro benzene ring substituents is 1. The first-order valence-electron chi connectivity index (χ1n) is 4.87. The number of ether oxygens (including phenoxy) is 1. The first kappa shape index (κ1) is 11.0. The quantitative estimate of drug-likeness (QED) is 0.599. The van der Waals surface area contributed by atoms with Gasteiger partial charge in [0, 0.05) is 18.0 Å². The first-order chi connectivity index (χ1) is 8.18. The Balaban J connectivity index is 2.40. The zero-order valence-electron chi connectivity index (χ0n) is 9.03. The van der Waals surface area contributed by atoms with Crippen molar-refractivity contribution in [2.45, 2.75) is 6.92 Å². The van der Waals surface area contributed by atoms with Crippen LogP contribution in [0.15, 0.2) is 36.7 Å². The molecule has 0 unspecified atom stereocenters. The van der Waals surface area contributed by atoms with Crippen LogP contribution in [0.3, 0.4) is 0 Å². The topological polar surface area (TPSA) is 78.2 Å². The minimum atomic E-state index is -0.479. The van der Waals surface area contributed by atoms with Gasteiger partial charge in [-0.2, -0.15) is 0 Å². The number of nitrogens with zero attached hydrogens (tertiary/aromatic N) is 3. The fraction of sp³-hybridized carbons (Fsp3) is 0.0909. The summed E-state index contributed by atoms with van der Waals surface area (Å²) in [6.07, 6.45) is 3.01. The first-order valence-corrected chi connectivity index (χ1v) is 4.87. The van der Waals surface area contributed by atoms with Crippen LogP contribution in [-0.2, 0) is 0 Å². The highest BCUT2D eigenvalue weighted by Crippen LogP contribution is 2.32. The molecule has 2 aromatic rings. The molecule has 0 saturated carbocycles. The standard InChI is InChI=1S/C11H9N3O3/c1-8-4-2-5-9(10(8)14(15)16)17-11-12-6-3-7-13-11/h2-7H,1H3. The largest absolute Gasteiger partial charge is 0.417 e. The lowest BCUT2D eigenvalue weighted by molar-refractivity contribution is -0.386. The van der Waals surface area contributed by atoms with E-state index in [0.717, 1.165) is 0 Å². The molecule has 0 atom stereocenters. The van der Waals surface area contributed by atoms with Crippen molar-refractivity contribution in [2.75, 3.05) is 0 Å². The van der Waals surface area contributed by atoms with E-state index in [1.807, 2.05) is 0 Å². The minimum absolute atomic E-state index is 0.0695. The highest BCUT2D eigenvalue weighted by Gasteiger charge is 2.19. The molecule has 0 aliphatic rings. The van der Waals surface area contributed by atoms with Gasteiger partial charge in [-0.25, -0.2) is 9.97 Å². The van der Waals surface area contributed by atoms with E-state index in [-0.39, 0.29) is 17.4 Å². The van der Waals surface area contributed by atoms with Crippen LogP contribution in [-0.4, -0.2) is 14.9 Å². The molecule has 1 aromatic heterocycles. The number of hydrogen-bond donors (Lipinski definition) is 0. The summed E-state index contributed by atoms with van der Waals surface area (Å²) in [5.74, 6) is 0.140. The Morgan fingerprint density at radius 2 is 1.94 bits per heavy atom. The summed E-state index contributed by atoms with van der Waals surface area (Å²) in [6.45, 7) is 1.65. The van der Waals surface area contributed by atoms with Gasteiger partial charge in [-0.15, -0.1) is 0 Å².